The summed E-state index contributed by atoms with van der Waals surface area (Å²) in [5, 5.41) is 2.62. The third-order valence-electron chi connectivity index (χ3n) is 4.00. The Kier molecular flexibility index (Phi) is 4.76. The van der Waals surface area contributed by atoms with E-state index < -0.39 is 0 Å². The van der Waals surface area contributed by atoms with Crippen molar-refractivity contribution in [2.75, 3.05) is 13.1 Å². The zero-order chi connectivity index (χ0) is 14.5. The highest BCUT2D eigenvalue weighted by molar-refractivity contribution is 5.97. The lowest BCUT2D eigenvalue weighted by molar-refractivity contribution is -0.129. The smallest absolute Gasteiger partial charge is 0.248 e. The van der Waals surface area contributed by atoms with Gasteiger partial charge in [0.2, 0.25) is 18.2 Å². The average Bonchev–Trinajstić information content (AvgIpc) is 3.05. The quantitative estimate of drug-likeness (QED) is 0.592. The third kappa shape index (κ3) is 3.18. The van der Waals surface area contributed by atoms with Gasteiger partial charge in [0.15, 0.2) is 0 Å². The van der Waals surface area contributed by atoms with Crippen molar-refractivity contribution >= 4 is 18.2 Å². The molecule has 2 aliphatic rings. The number of carbonyl (C=O) groups is 3. The molecule has 0 aromatic carbocycles. The van der Waals surface area contributed by atoms with E-state index in [-0.39, 0.29) is 24.0 Å². The Labute approximate surface area is 118 Å². The Morgan fingerprint density at radius 1 is 1.05 bits per heavy atom. The lowest BCUT2D eigenvalue weighted by Crippen LogP contribution is -2.43. The SMILES string of the molecule is C[C@@H]1CCCN1C(=O)/C=C/C(=O)N1CCC[C@H]1NC=O. The Balaban J connectivity index is 1.91. The lowest BCUT2D eigenvalue weighted by atomic mass is 10.2. The summed E-state index contributed by atoms with van der Waals surface area (Å²) in [6, 6.07) is 0.249. The molecule has 2 fully saturated rings. The third-order valence-corrected chi connectivity index (χ3v) is 4.00. The molecule has 6 nitrogen and oxygen atoms in total. The van der Waals surface area contributed by atoms with E-state index in [1.807, 2.05) is 6.92 Å². The predicted octanol–water partition coefficient (Wildman–Crippen LogP) is 0.248. The van der Waals surface area contributed by atoms with Gasteiger partial charge >= 0.3 is 0 Å². The molecule has 2 atom stereocenters. The molecule has 0 unspecified atom stereocenters. The monoisotopic (exact) mass is 279 g/mol. The highest BCUT2D eigenvalue weighted by atomic mass is 16.2. The van der Waals surface area contributed by atoms with E-state index in [4.69, 9.17) is 0 Å². The summed E-state index contributed by atoms with van der Waals surface area (Å²) in [6.07, 6.45) is 6.69. The van der Waals surface area contributed by atoms with Gasteiger partial charge in [-0.15, -0.1) is 0 Å². The molecule has 2 saturated heterocycles. The molecule has 3 amide bonds. The molecule has 2 heterocycles. The van der Waals surface area contributed by atoms with Gasteiger partial charge in [0.05, 0.1) is 0 Å². The Morgan fingerprint density at radius 2 is 1.65 bits per heavy atom. The van der Waals surface area contributed by atoms with Gasteiger partial charge in [0.25, 0.3) is 0 Å². The summed E-state index contributed by atoms with van der Waals surface area (Å²) in [5.41, 5.74) is 0. The molecule has 0 spiro atoms. The van der Waals surface area contributed by atoms with Gasteiger partial charge < -0.3 is 15.1 Å². The summed E-state index contributed by atoms with van der Waals surface area (Å²) < 4.78 is 0. The molecule has 0 saturated carbocycles. The van der Waals surface area contributed by atoms with Crippen LogP contribution in [0.15, 0.2) is 12.2 Å². The van der Waals surface area contributed by atoms with Crippen LogP contribution in [0, 0.1) is 0 Å². The number of likely N-dealkylation sites (tertiary alicyclic amines) is 2. The Hall–Kier alpha value is -1.85. The molecule has 0 radical (unpaired) electrons. The first-order valence-corrected chi connectivity index (χ1v) is 7.12. The van der Waals surface area contributed by atoms with Crippen LogP contribution in [0.3, 0.4) is 0 Å². The molecule has 0 bridgehead atoms. The molecular formula is C14H21N3O3. The molecule has 2 rings (SSSR count). The number of nitrogens with zero attached hydrogens (tertiary/aromatic N) is 2. The molecule has 0 aromatic rings. The molecule has 110 valence electrons. The summed E-state index contributed by atoms with van der Waals surface area (Å²) in [5.74, 6) is -0.329. The summed E-state index contributed by atoms with van der Waals surface area (Å²) in [7, 11) is 0. The van der Waals surface area contributed by atoms with E-state index in [1.165, 1.54) is 12.2 Å². The van der Waals surface area contributed by atoms with Crippen LogP contribution in [-0.4, -0.2) is 53.3 Å². The number of nitrogens with one attached hydrogen (secondary N) is 1. The predicted molar refractivity (Wildman–Crippen MR) is 73.5 cm³/mol. The first-order chi connectivity index (χ1) is 9.63. The highest BCUT2D eigenvalue weighted by Gasteiger charge is 2.27. The van der Waals surface area contributed by atoms with Crippen LogP contribution in [0.25, 0.3) is 0 Å². The van der Waals surface area contributed by atoms with Crippen LogP contribution in [0.2, 0.25) is 0 Å². The second-order valence-corrected chi connectivity index (χ2v) is 5.33. The Morgan fingerprint density at radius 3 is 2.25 bits per heavy atom. The van der Waals surface area contributed by atoms with Crippen molar-refractivity contribution in [3.05, 3.63) is 12.2 Å². The summed E-state index contributed by atoms with van der Waals surface area (Å²) in [6.45, 7) is 3.39. The topological polar surface area (TPSA) is 69.7 Å². The van der Waals surface area contributed by atoms with Crippen LogP contribution < -0.4 is 5.32 Å². The maximum Gasteiger partial charge on any atom is 0.248 e. The van der Waals surface area contributed by atoms with Gasteiger partial charge in [-0.25, -0.2) is 0 Å². The van der Waals surface area contributed by atoms with Crippen molar-refractivity contribution < 1.29 is 14.4 Å². The molecule has 0 aliphatic carbocycles. The molecule has 2 aliphatic heterocycles. The molecule has 1 N–H and O–H groups in total. The first-order valence-electron chi connectivity index (χ1n) is 7.12. The van der Waals surface area contributed by atoms with Gasteiger partial charge in [-0.3, -0.25) is 14.4 Å². The van der Waals surface area contributed by atoms with Crippen LogP contribution in [0.4, 0.5) is 0 Å². The van der Waals surface area contributed by atoms with E-state index in [2.05, 4.69) is 5.32 Å². The van der Waals surface area contributed by atoms with E-state index >= 15 is 0 Å². The molecule has 6 heteroatoms. The molecule has 20 heavy (non-hydrogen) atoms. The first kappa shape index (κ1) is 14.6. The number of hydrogen-bond acceptors (Lipinski definition) is 3. The number of hydrogen-bond donors (Lipinski definition) is 1. The molecule has 0 aromatic heterocycles. The van der Waals surface area contributed by atoms with Crippen molar-refractivity contribution in [2.45, 2.75) is 44.8 Å². The van der Waals surface area contributed by atoms with Crippen LogP contribution >= 0.6 is 0 Å². The van der Waals surface area contributed by atoms with Crippen LogP contribution in [-0.2, 0) is 14.4 Å². The van der Waals surface area contributed by atoms with Gasteiger partial charge in [-0.1, -0.05) is 0 Å². The largest absolute Gasteiger partial charge is 0.338 e. The van der Waals surface area contributed by atoms with Crippen molar-refractivity contribution in [3.8, 4) is 0 Å². The van der Waals surface area contributed by atoms with Gasteiger partial charge in [0.1, 0.15) is 6.17 Å². The fourth-order valence-electron chi connectivity index (χ4n) is 2.88. The minimum atomic E-state index is -0.245. The summed E-state index contributed by atoms with van der Waals surface area (Å²) in [4.78, 5) is 37.9. The van der Waals surface area contributed by atoms with E-state index in [9.17, 15) is 14.4 Å². The highest BCUT2D eigenvalue weighted by Crippen LogP contribution is 2.17. The van der Waals surface area contributed by atoms with Crippen molar-refractivity contribution in [3.63, 3.8) is 0 Å². The normalized spacial score (nSPS) is 26.2. The number of amides is 3. The van der Waals surface area contributed by atoms with Gasteiger partial charge in [0, 0.05) is 31.3 Å². The van der Waals surface area contributed by atoms with E-state index in [1.54, 1.807) is 9.80 Å². The minimum absolute atomic E-state index is 0.109. The van der Waals surface area contributed by atoms with E-state index in [0.717, 1.165) is 32.2 Å². The number of rotatable bonds is 4. The lowest BCUT2D eigenvalue weighted by Gasteiger charge is -2.23. The maximum absolute atomic E-state index is 12.0. The van der Waals surface area contributed by atoms with Crippen molar-refractivity contribution in [1.29, 1.82) is 0 Å². The van der Waals surface area contributed by atoms with Crippen molar-refractivity contribution in [2.24, 2.45) is 0 Å². The zero-order valence-corrected chi connectivity index (χ0v) is 11.7. The zero-order valence-electron chi connectivity index (χ0n) is 11.7. The standard InChI is InChI=1S/C14H21N3O3/c1-11-4-2-8-16(11)13(19)6-7-14(20)17-9-3-5-12(17)15-10-18/h6-7,10-12H,2-5,8-9H2,1H3,(H,15,18)/b7-6+/t11-,12+/m1/s1. The fraction of sp³-hybridized carbons (Fsp3) is 0.643. The van der Waals surface area contributed by atoms with Crippen LogP contribution in [0.1, 0.15) is 32.6 Å². The minimum Gasteiger partial charge on any atom is -0.338 e. The summed E-state index contributed by atoms with van der Waals surface area (Å²) >= 11 is 0. The number of carbonyl (C=O) groups excluding carboxylic acids is 3. The van der Waals surface area contributed by atoms with E-state index in [0.29, 0.717) is 13.0 Å². The second-order valence-electron chi connectivity index (χ2n) is 5.33. The maximum atomic E-state index is 12.0. The Bertz CT molecular complexity index is 422. The molecular weight excluding hydrogens is 258 g/mol. The average molecular weight is 279 g/mol. The fourth-order valence-corrected chi connectivity index (χ4v) is 2.88. The van der Waals surface area contributed by atoms with Gasteiger partial charge in [-0.05, 0) is 32.6 Å². The van der Waals surface area contributed by atoms with Crippen LogP contribution in [0.5, 0.6) is 0 Å². The van der Waals surface area contributed by atoms with Gasteiger partial charge in [-0.2, -0.15) is 0 Å². The second kappa shape index (κ2) is 6.54. The van der Waals surface area contributed by atoms with Crippen molar-refractivity contribution in [1.82, 2.24) is 15.1 Å².